The van der Waals surface area contributed by atoms with Crippen LogP contribution in [0, 0.1) is 0 Å². The molecule has 28 heavy (non-hydrogen) atoms. The van der Waals surface area contributed by atoms with Crippen molar-refractivity contribution in [1.29, 1.82) is 0 Å². The van der Waals surface area contributed by atoms with E-state index in [9.17, 15) is 4.79 Å². The second-order valence-corrected chi connectivity index (χ2v) is 8.20. The van der Waals surface area contributed by atoms with Gasteiger partial charge in [0.15, 0.2) is 5.96 Å². The summed E-state index contributed by atoms with van der Waals surface area (Å²) in [5.41, 5.74) is 0.806. The number of carbonyl (C=O) groups is 1. The minimum absolute atomic E-state index is 0.0775. The molecule has 3 N–H and O–H groups in total. The largest absolute Gasteiger partial charge is 0.379 e. The van der Waals surface area contributed by atoms with E-state index in [2.05, 4.69) is 31.9 Å². The normalized spacial score (nSPS) is 17.1. The lowest BCUT2D eigenvalue weighted by atomic mass is 10.0. The number of hydrogen-bond donors (Lipinski definition) is 3. The highest BCUT2D eigenvalue weighted by molar-refractivity contribution is 6.31. The van der Waals surface area contributed by atoms with E-state index in [4.69, 9.17) is 16.3 Å². The minimum atomic E-state index is -0.263. The van der Waals surface area contributed by atoms with E-state index in [1.54, 1.807) is 7.05 Å². The number of halogens is 1. The van der Waals surface area contributed by atoms with E-state index in [-0.39, 0.29) is 24.0 Å². The predicted octanol–water partition coefficient (Wildman–Crippen LogP) is 1.79. The van der Waals surface area contributed by atoms with Crippen molar-refractivity contribution < 1.29 is 9.53 Å². The topological polar surface area (TPSA) is 78.0 Å². The summed E-state index contributed by atoms with van der Waals surface area (Å²) in [5, 5.41) is 10.1. The Morgan fingerprint density at radius 2 is 1.93 bits per heavy atom. The second kappa shape index (κ2) is 10.6. The molecule has 1 aliphatic rings. The van der Waals surface area contributed by atoms with Gasteiger partial charge in [0.25, 0.3) is 0 Å². The number of ether oxygens (including phenoxy) is 1. The van der Waals surface area contributed by atoms with Crippen LogP contribution in [0.4, 0.5) is 0 Å². The fraction of sp³-hybridized carbons (Fsp3) is 0.600. The SMILES string of the molecule is CN=C(NCC(=O)NC(C)(C)C)NCC(c1ccccc1Cl)N1CCOCC1. The van der Waals surface area contributed by atoms with Gasteiger partial charge in [0.05, 0.1) is 25.8 Å². The Morgan fingerprint density at radius 1 is 1.25 bits per heavy atom. The lowest BCUT2D eigenvalue weighted by Crippen LogP contribution is -2.50. The molecule has 0 spiro atoms. The Bertz CT molecular complexity index is 669. The lowest BCUT2D eigenvalue weighted by Gasteiger charge is -2.35. The van der Waals surface area contributed by atoms with Crippen LogP contribution in [0.5, 0.6) is 0 Å². The van der Waals surface area contributed by atoms with Gasteiger partial charge >= 0.3 is 0 Å². The molecule has 156 valence electrons. The highest BCUT2D eigenvalue weighted by Gasteiger charge is 2.24. The molecule has 1 unspecified atom stereocenters. The van der Waals surface area contributed by atoms with Crippen molar-refractivity contribution in [1.82, 2.24) is 20.9 Å². The van der Waals surface area contributed by atoms with Crippen molar-refractivity contribution >= 4 is 23.5 Å². The number of rotatable bonds is 6. The van der Waals surface area contributed by atoms with Gasteiger partial charge < -0.3 is 20.7 Å². The number of amides is 1. The number of hydrogen-bond acceptors (Lipinski definition) is 4. The summed E-state index contributed by atoms with van der Waals surface area (Å²) < 4.78 is 5.49. The van der Waals surface area contributed by atoms with Gasteiger partial charge in [-0.2, -0.15) is 0 Å². The Morgan fingerprint density at radius 3 is 2.54 bits per heavy atom. The molecule has 0 saturated carbocycles. The van der Waals surface area contributed by atoms with E-state index in [0.717, 1.165) is 23.7 Å². The molecule has 1 aromatic rings. The first-order valence-corrected chi connectivity index (χ1v) is 9.99. The summed E-state index contributed by atoms with van der Waals surface area (Å²) in [4.78, 5) is 18.6. The van der Waals surface area contributed by atoms with Crippen LogP contribution in [0.15, 0.2) is 29.3 Å². The van der Waals surface area contributed by atoms with Crippen LogP contribution in [0.2, 0.25) is 5.02 Å². The molecular weight excluding hydrogens is 378 g/mol. The van der Waals surface area contributed by atoms with E-state index >= 15 is 0 Å². The number of morpholine rings is 1. The van der Waals surface area contributed by atoms with Crippen LogP contribution in [0.25, 0.3) is 0 Å². The first-order chi connectivity index (χ1) is 13.3. The molecule has 1 aromatic carbocycles. The van der Waals surface area contributed by atoms with Crippen LogP contribution in [-0.2, 0) is 9.53 Å². The highest BCUT2D eigenvalue weighted by Crippen LogP contribution is 2.27. The highest BCUT2D eigenvalue weighted by atomic mass is 35.5. The lowest BCUT2D eigenvalue weighted by molar-refractivity contribution is -0.121. The molecular formula is C20H32ClN5O2. The smallest absolute Gasteiger partial charge is 0.239 e. The number of aliphatic imine (C=N–C) groups is 1. The summed E-state index contributed by atoms with van der Waals surface area (Å²) in [6, 6.07) is 7.98. The van der Waals surface area contributed by atoms with Gasteiger partial charge in [-0.3, -0.25) is 14.7 Å². The van der Waals surface area contributed by atoms with Crippen LogP contribution in [0.1, 0.15) is 32.4 Å². The summed E-state index contributed by atoms with van der Waals surface area (Å²) in [5.74, 6) is 0.501. The maximum Gasteiger partial charge on any atom is 0.239 e. The Labute approximate surface area is 172 Å². The molecule has 1 heterocycles. The predicted molar refractivity (Wildman–Crippen MR) is 114 cm³/mol. The fourth-order valence-corrected chi connectivity index (χ4v) is 3.37. The van der Waals surface area contributed by atoms with Crippen LogP contribution < -0.4 is 16.0 Å². The van der Waals surface area contributed by atoms with Crippen LogP contribution in [0.3, 0.4) is 0 Å². The zero-order valence-electron chi connectivity index (χ0n) is 17.2. The summed E-state index contributed by atoms with van der Waals surface area (Å²) in [7, 11) is 1.69. The first kappa shape index (κ1) is 22.5. The van der Waals surface area contributed by atoms with Crippen molar-refractivity contribution in [3.8, 4) is 0 Å². The zero-order chi connectivity index (χ0) is 20.6. The molecule has 0 bridgehead atoms. The van der Waals surface area contributed by atoms with Gasteiger partial charge in [0.2, 0.25) is 5.91 Å². The fourth-order valence-electron chi connectivity index (χ4n) is 3.11. The van der Waals surface area contributed by atoms with Crippen molar-refractivity contribution in [3.63, 3.8) is 0 Å². The van der Waals surface area contributed by atoms with Gasteiger partial charge in [0.1, 0.15) is 0 Å². The Hall–Kier alpha value is -1.83. The average Bonchev–Trinajstić information content (AvgIpc) is 2.65. The third kappa shape index (κ3) is 7.30. The van der Waals surface area contributed by atoms with Crippen molar-refractivity contribution in [2.45, 2.75) is 32.4 Å². The molecule has 8 heteroatoms. The number of nitrogens with zero attached hydrogens (tertiary/aromatic N) is 2. The molecule has 0 radical (unpaired) electrons. The first-order valence-electron chi connectivity index (χ1n) is 9.62. The second-order valence-electron chi connectivity index (χ2n) is 7.79. The van der Waals surface area contributed by atoms with Gasteiger partial charge in [-0.25, -0.2) is 0 Å². The maximum absolute atomic E-state index is 12.0. The monoisotopic (exact) mass is 409 g/mol. The van der Waals surface area contributed by atoms with Crippen molar-refractivity contribution in [2.24, 2.45) is 4.99 Å². The average molecular weight is 410 g/mol. The summed E-state index contributed by atoms with van der Waals surface area (Å²) >= 11 is 6.47. The third-order valence-electron chi connectivity index (χ3n) is 4.37. The Kier molecular flexibility index (Phi) is 8.54. The van der Waals surface area contributed by atoms with Crippen molar-refractivity contribution in [3.05, 3.63) is 34.9 Å². The van der Waals surface area contributed by atoms with Gasteiger partial charge in [-0.05, 0) is 32.4 Å². The minimum Gasteiger partial charge on any atom is -0.379 e. The number of nitrogens with one attached hydrogen (secondary N) is 3. The number of benzene rings is 1. The molecule has 1 aliphatic heterocycles. The van der Waals surface area contributed by atoms with Crippen LogP contribution >= 0.6 is 11.6 Å². The molecule has 7 nitrogen and oxygen atoms in total. The van der Waals surface area contributed by atoms with Gasteiger partial charge in [-0.1, -0.05) is 29.8 Å². The summed E-state index contributed by atoms with van der Waals surface area (Å²) in [6.45, 7) is 9.74. The molecule has 1 saturated heterocycles. The molecule has 0 aliphatic carbocycles. The van der Waals surface area contributed by atoms with Gasteiger partial charge in [0, 0.05) is 37.2 Å². The Balaban J connectivity index is 1.99. The molecule has 1 fully saturated rings. The standard InChI is InChI=1S/C20H32ClN5O2/c1-20(2,3)25-18(27)14-24-19(22-4)23-13-17(26-9-11-28-12-10-26)15-7-5-6-8-16(15)21/h5-8,17H,9-14H2,1-4H3,(H,25,27)(H2,22,23,24). The van der Waals surface area contributed by atoms with E-state index < -0.39 is 0 Å². The number of carbonyl (C=O) groups excluding carboxylic acids is 1. The molecule has 2 rings (SSSR count). The molecule has 1 atom stereocenters. The zero-order valence-corrected chi connectivity index (χ0v) is 18.0. The van der Waals surface area contributed by atoms with E-state index in [1.165, 1.54) is 0 Å². The molecule has 0 aromatic heterocycles. The van der Waals surface area contributed by atoms with Gasteiger partial charge in [-0.15, -0.1) is 0 Å². The maximum atomic E-state index is 12.0. The third-order valence-corrected chi connectivity index (χ3v) is 4.71. The quantitative estimate of drug-likeness (QED) is 0.493. The number of guanidine groups is 1. The van der Waals surface area contributed by atoms with E-state index in [1.807, 2.05) is 39.0 Å². The molecule has 1 amide bonds. The van der Waals surface area contributed by atoms with E-state index in [0.29, 0.717) is 25.7 Å². The van der Waals surface area contributed by atoms with Crippen molar-refractivity contribution in [2.75, 3.05) is 46.4 Å². The summed E-state index contributed by atoms with van der Waals surface area (Å²) in [6.07, 6.45) is 0. The van der Waals surface area contributed by atoms with Crippen LogP contribution in [-0.4, -0.2) is 68.7 Å².